The fourth-order valence-electron chi connectivity index (χ4n) is 11.4. The summed E-state index contributed by atoms with van der Waals surface area (Å²) in [5, 5.41) is 22.2. The van der Waals surface area contributed by atoms with E-state index in [4.69, 9.17) is 37.9 Å². The van der Waals surface area contributed by atoms with Crippen molar-refractivity contribution in [3.8, 4) is 0 Å². The highest BCUT2D eigenvalue weighted by atomic mass is 32.2. The molecule has 17 heteroatoms. The molecule has 2 unspecified atom stereocenters. The number of benzene rings is 1. The van der Waals surface area contributed by atoms with Crippen LogP contribution in [0, 0.1) is 29.6 Å². The Kier molecular flexibility index (Phi) is 16.8. The molecule has 0 radical (unpaired) electrons. The number of carbonyl (C=O) groups is 3. The van der Waals surface area contributed by atoms with Crippen molar-refractivity contribution in [1.82, 2.24) is 14.5 Å². The van der Waals surface area contributed by atoms with Gasteiger partial charge in [-0.25, -0.2) is 4.98 Å². The molecule has 4 aliphatic rings. The van der Waals surface area contributed by atoms with E-state index in [1.807, 2.05) is 89.4 Å². The fraction of sp³-hybridized carbons (Fsp3) is 0.796. The van der Waals surface area contributed by atoms with Crippen LogP contribution in [0.4, 0.5) is 0 Å². The van der Waals surface area contributed by atoms with Crippen LogP contribution in [0.5, 0.6) is 0 Å². The molecule has 16 nitrogen and oxygen atoms in total. The smallest absolute Gasteiger partial charge is 0.320 e. The Bertz CT molecular complexity index is 1990. The summed E-state index contributed by atoms with van der Waals surface area (Å²) < 4.78 is 53.8. The number of aryl methyl sites for hydroxylation is 1. The van der Waals surface area contributed by atoms with Crippen LogP contribution in [0.25, 0.3) is 11.0 Å². The monoisotopic (exact) mass is 948 g/mol. The summed E-state index contributed by atoms with van der Waals surface area (Å²) in [4.78, 5) is 50.7. The summed E-state index contributed by atoms with van der Waals surface area (Å²) in [6.45, 7) is 18.9. The Labute approximate surface area is 395 Å². The van der Waals surface area contributed by atoms with Crippen molar-refractivity contribution >= 4 is 40.5 Å². The molecule has 0 aliphatic carbocycles. The van der Waals surface area contributed by atoms with Gasteiger partial charge in [-0.2, -0.15) is 0 Å². The van der Waals surface area contributed by atoms with Crippen LogP contribution in [-0.4, -0.2) is 160 Å². The number of ketones is 1. The molecule has 6 rings (SSSR count). The third-order valence-electron chi connectivity index (χ3n) is 15.4. The minimum absolute atomic E-state index is 0.109. The van der Waals surface area contributed by atoms with Crippen molar-refractivity contribution in [3.63, 3.8) is 0 Å². The molecular formula is C49H77N3O13S. The number of aromatic nitrogens is 2. The lowest BCUT2D eigenvalue weighted by Gasteiger charge is -2.50. The summed E-state index contributed by atoms with van der Waals surface area (Å²) in [7, 11) is 6.88. The van der Waals surface area contributed by atoms with E-state index >= 15 is 4.79 Å². The maximum atomic E-state index is 15.1. The fourth-order valence-corrected chi connectivity index (χ4v) is 12.8. The zero-order valence-electron chi connectivity index (χ0n) is 41.5. The Hall–Kier alpha value is -2.71. The maximum Gasteiger partial charge on any atom is 0.320 e. The zero-order valence-corrected chi connectivity index (χ0v) is 42.3. The number of esters is 2. The lowest BCUT2D eigenvalue weighted by molar-refractivity contribution is -0.319. The van der Waals surface area contributed by atoms with Gasteiger partial charge in [-0.05, 0) is 87.0 Å². The predicted molar refractivity (Wildman–Crippen MR) is 248 cm³/mol. The van der Waals surface area contributed by atoms with Crippen LogP contribution in [-0.2, 0) is 58.8 Å². The number of Topliss-reactive ketones (excluding diaryl/α,β-unsaturated/α-hetero) is 1. The first kappa shape index (κ1) is 52.7. The van der Waals surface area contributed by atoms with Gasteiger partial charge in [0.05, 0.1) is 58.9 Å². The number of nitrogens with zero attached hydrogens (tertiary/aromatic N) is 3. The quantitative estimate of drug-likeness (QED) is 0.257. The molecule has 2 N–H and O–H groups in total. The maximum absolute atomic E-state index is 15.1. The topological polar surface area (TPSA) is 187 Å². The molecule has 1 aromatic carbocycles. The van der Waals surface area contributed by atoms with Gasteiger partial charge in [0.25, 0.3) is 0 Å². The lowest BCUT2D eigenvalue weighted by atomic mass is 9.70. The molecule has 2 aromatic rings. The van der Waals surface area contributed by atoms with Crippen molar-refractivity contribution in [2.45, 2.75) is 185 Å². The van der Waals surface area contributed by atoms with Crippen molar-refractivity contribution in [2.24, 2.45) is 29.6 Å². The molecule has 4 aliphatic heterocycles. The molecule has 1 aromatic heterocycles. The number of ether oxygens (including phenoxy) is 8. The first-order chi connectivity index (χ1) is 31.0. The number of hydrogen-bond acceptors (Lipinski definition) is 16. The van der Waals surface area contributed by atoms with Crippen molar-refractivity contribution in [3.05, 3.63) is 30.6 Å². The molecule has 0 bridgehead atoms. The van der Waals surface area contributed by atoms with Crippen LogP contribution >= 0.6 is 11.8 Å². The Morgan fingerprint density at radius 1 is 0.909 bits per heavy atom. The van der Waals surface area contributed by atoms with E-state index < -0.39 is 113 Å². The highest BCUT2D eigenvalue weighted by molar-refractivity contribution is 8.00. The highest BCUT2D eigenvalue weighted by Crippen LogP contribution is 2.49. The van der Waals surface area contributed by atoms with E-state index in [-0.39, 0.29) is 37.2 Å². The number of methoxy groups -OCH3 is 2. The molecular weight excluding hydrogens is 871 g/mol. The van der Waals surface area contributed by atoms with Gasteiger partial charge in [0.1, 0.15) is 29.3 Å². The molecule has 66 heavy (non-hydrogen) atoms. The van der Waals surface area contributed by atoms with E-state index in [0.717, 1.165) is 11.0 Å². The summed E-state index contributed by atoms with van der Waals surface area (Å²) >= 11 is 1.43. The first-order valence-electron chi connectivity index (χ1n) is 23.8. The van der Waals surface area contributed by atoms with E-state index in [1.165, 1.54) is 18.9 Å². The molecule has 4 fully saturated rings. The third-order valence-corrected chi connectivity index (χ3v) is 16.7. The van der Waals surface area contributed by atoms with E-state index in [2.05, 4.69) is 4.98 Å². The molecule has 4 saturated heterocycles. The summed E-state index contributed by atoms with van der Waals surface area (Å²) in [6, 6.07) is 7.57. The zero-order chi connectivity index (χ0) is 48.6. The Morgan fingerprint density at radius 3 is 2.24 bits per heavy atom. The number of hydrogen-bond donors (Lipinski definition) is 2. The Morgan fingerprint density at radius 2 is 1.59 bits per heavy atom. The number of aliphatic hydroxyl groups excluding tert-OH is 2. The number of fused-ring (bicyclic) bond motifs is 2. The van der Waals surface area contributed by atoms with Gasteiger partial charge in [0, 0.05) is 62.7 Å². The van der Waals surface area contributed by atoms with Gasteiger partial charge in [-0.1, -0.05) is 39.8 Å². The average Bonchev–Trinajstić information content (AvgIpc) is 3.81. The predicted octanol–water partition coefficient (Wildman–Crippen LogP) is 5.41. The van der Waals surface area contributed by atoms with Gasteiger partial charge in [-0.15, -0.1) is 11.8 Å². The van der Waals surface area contributed by atoms with Gasteiger partial charge in [0.2, 0.25) is 0 Å². The van der Waals surface area contributed by atoms with E-state index in [9.17, 15) is 19.8 Å². The standard InChI is InChI=1S/C49H77N3O13S/c1-15-35-49(10)37(41(45(57)65-49)66-21-20-52-25-50-32-18-16-17-19-33(32)52)28(4)38(53)26(2)23-48(9,59-14)43(64-46-39(54)34(51(11)12)22-27(3)60-46)29(5)40(30(6)44(56)62-35)63-36-24-47(8,58-13)42(55)31(7)61-36/h16-19,25-31,34-37,39-43,46,54-55H,15,20-24H2,1-14H3/t26-,27-,28-,29+,30-,31-,34+,35-,36+,37?,39-,40+,41?,42+,43-,46+,47-,48-,49-/m1/s1. The third kappa shape index (κ3) is 10.4. The molecule has 19 atom stereocenters. The molecule has 5 heterocycles. The summed E-state index contributed by atoms with van der Waals surface area (Å²) in [6.07, 6.45) is -5.00. The molecule has 372 valence electrons. The number of thioether (sulfide) groups is 1. The number of imidazole rings is 1. The van der Waals surface area contributed by atoms with Crippen LogP contribution in [0.15, 0.2) is 30.6 Å². The Balaban J connectivity index is 1.42. The van der Waals surface area contributed by atoms with Gasteiger partial charge in [-0.3, -0.25) is 14.4 Å². The largest absolute Gasteiger partial charge is 0.458 e. The summed E-state index contributed by atoms with van der Waals surface area (Å²) in [5.41, 5.74) is -1.81. The second kappa shape index (κ2) is 21.1. The number of cyclic esters (lactones) is 1. The second-order valence-corrected chi connectivity index (χ2v) is 21.6. The molecule has 0 amide bonds. The van der Waals surface area contributed by atoms with Gasteiger partial charge < -0.3 is 57.6 Å². The number of para-hydroxylation sites is 2. The van der Waals surface area contributed by atoms with Crippen LogP contribution in [0.3, 0.4) is 0 Å². The minimum atomic E-state index is -1.37. The number of rotatable bonds is 12. The lowest BCUT2D eigenvalue weighted by Crippen LogP contribution is -2.61. The van der Waals surface area contributed by atoms with Crippen LogP contribution in [0.2, 0.25) is 0 Å². The number of carbonyl (C=O) groups excluding carboxylic acids is 3. The van der Waals surface area contributed by atoms with E-state index in [1.54, 1.807) is 41.1 Å². The summed E-state index contributed by atoms with van der Waals surface area (Å²) in [5.74, 6) is -4.40. The van der Waals surface area contributed by atoms with Gasteiger partial charge in [0.15, 0.2) is 18.2 Å². The van der Waals surface area contributed by atoms with Crippen LogP contribution < -0.4 is 0 Å². The van der Waals surface area contributed by atoms with Crippen molar-refractivity contribution in [1.29, 1.82) is 0 Å². The van der Waals surface area contributed by atoms with Gasteiger partial charge >= 0.3 is 11.9 Å². The molecule has 0 saturated carbocycles. The van der Waals surface area contributed by atoms with Crippen LogP contribution in [0.1, 0.15) is 94.9 Å². The average molecular weight is 948 g/mol. The molecule has 0 spiro atoms. The minimum Gasteiger partial charge on any atom is -0.458 e. The van der Waals surface area contributed by atoms with Crippen molar-refractivity contribution in [2.75, 3.05) is 34.1 Å². The SMILES string of the molecule is CC[C@H]1OC(=O)[C@H](C)[C@@H](O[C@H]2C[C@@](C)(OC)[C@@H](O)[C@@H](C)O2)[C@H](C)[C@@H](O[C@@H]2O[C@H](C)C[C@H](N(C)C)[C@H]2O)[C@](C)(OC)C[C@@H](C)C(=O)[C@H](C)C2C(SCCn3cnc4ccccc43)C(=O)O[C@@]21C. The highest BCUT2D eigenvalue weighted by Gasteiger charge is 2.62. The number of likely N-dealkylation sites (N-methyl/N-ethyl adjacent to an activating group) is 1. The van der Waals surface area contributed by atoms with Crippen molar-refractivity contribution < 1.29 is 62.5 Å². The first-order valence-corrected chi connectivity index (χ1v) is 24.8. The second-order valence-electron chi connectivity index (χ2n) is 20.3. The normalized spacial score (nSPS) is 43.1. The number of aliphatic hydroxyl groups is 2. The van der Waals surface area contributed by atoms with E-state index in [0.29, 0.717) is 18.7 Å².